The van der Waals surface area contributed by atoms with Crippen LogP contribution in [0.15, 0.2) is 24.3 Å². The van der Waals surface area contributed by atoms with Crippen molar-refractivity contribution in [1.29, 1.82) is 0 Å². The maximum atomic E-state index is 11.7. The molecule has 0 aromatic heterocycles. The summed E-state index contributed by atoms with van der Waals surface area (Å²) in [7, 11) is 3.18. The predicted octanol–water partition coefficient (Wildman–Crippen LogP) is 0.427. The highest BCUT2D eigenvalue weighted by atomic mass is 16.5. The molecule has 6 nitrogen and oxygen atoms in total. The maximum Gasteiger partial charge on any atom is 0.328 e. The van der Waals surface area contributed by atoms with Gasteiger partial charge in [0.25, 0.3) is 0 Å². The summed E-state index contributed by atoms with van der Waals surface area (Å²) in [5, 5.41) is 9.27. The zero-order chi connectivity index (χ0) is 14.0. The number of hydrogen-bond donors (Lipinski definition) is 1. The molecule has 1 heterocycles. The lowest BCUT2D eigenvalue weighted by atomic mass is 10.1. The third-order valence-electron chi connectivity index (χ3n) is 3.24. The standard InChI is InChI=1S/C13H16N2O4/c1-14-7-11(13(17)18)15(8-12(14)16)9-3-5-10(19-2)6-4-9/h3-6,11H,7-8H2,1-2H3,(H,17,18). The van der Waals surface area contributed by atoms with E-state index in [2.05, 4.69) is 0 Å². The molecule has 1 atom stereocenters. The third-order valence-corrected chi connectivity index (χ3v) is 3.24. The molecule has 0 spiro atoms. The normalized spacial score (nSPS) is 19.5. The molecule has 1 aromatic carbocycles. The van der Waals surface area contributed by atoms with Crippen LogP contribution in [0.4, 0.5) is 5.69 Å². The minimum Gasteiger partial charge on any atom is -0.497 e. The second kappa shape index (κ2) is 5.17. The summed E-state index contributed by atoms with van der Waals surface area (Å²) >= 11 is 0. The number of likely N-dealkylation sites (N-methyl/N-ethyl adjacent to an activating group) is 1. The van der Waals surface area contributed by atoms with E-state index in [1.807, 2.05) is 0 Å². The molecule has 0 bridgehead atoms. The number of nitrogens with zero attached hydrogens (tertiary/aromatic N) is 2. The zero-order valence-corrected chi connectivity index (χ0v) is 10.9. The molecule has 1 N–H and O–H groups in total. The molecule has 19 heavy (non-hydrogen) atoms. The van der Waals surface area contributed by atoms with Gasteiger partial charge in [-0.2, -0.15) is 0 Å². The molecule has 102 valence electrons. The first-order valence-corrected chi connectivity index (χ1v) is 5.90. The predicted molar refractivity (Wildman–Crippen MR) is 69.4 cm³/mol. The molecule has 1 aliphatic rings. The number of carbonyl (C=O) groups excluding carboxylic acids is 1. The Kier molecular flexibility index (Phi) is 3.59. The summed E-state index contributed by atoms with van der Waals surface area (Å²) in [5.41, 5.74) is 0.703. The zero-order valence-electron chi connectivity index (χ0n) is 10.9. The first-order chi connectivity index (χ1) is 9.02. The molecule has 0 aliphatic carbocycles. The Morgan fingerprint density at radius 1 is 1.37 bits per heavy atom. The summed E-state index contributed by atoms with van der Waals surface area (Å²) in [6.07, 6.45) is 0. The second-order valence-electron chi connectivity index (χ2n) is 4.45. The summed E-state index contributed by atoms with van der Waals surface area (Å²) in [6.45, 7) is 0.250. The minimum absolute atomic E-state index is 0.0692. The molecule has 6 heteroatoms. The average Bonchev–Trinajstić information content (AvgIpc) is 2.41. The fourth-order valence-corrected chi connectivity index (χ4v) is 2.09. The summed E-state index contributed by atoms with van der Waals surface area (Å²) in [6, 6.07) is 6.28. The first kappa shape index (κ1) is 13.2. The smallest absolute Gasteiger partial charge is 0.328 e. The molecule has 1 aliphatic heterocycles. The lowest BCUT2D eigenvalue weighted by molar-refractivity contribution is -0.141. The van der Waals surface area contributed by atoms with Crippen molar-refractivity contribution < 1.29 is 19.4 Å². The van der Waals surface area contributed by atoms with Crippen LogP contribution in [-0.2, 0) is 9.59 Å². The molecule has 1 saturated heterocycles. The Morgan fingerprint density at radius 3 is 2.53 bits per heavy atom. The van der Waals surface area contributed by atoms with E-state index in [9.17, 15) is 14.7 Å². The number of carboxylic acid groups (broad SMARTS) is 1. The molecular weight excluding hydrogens is 248 g/mol. The van der Waals surface area contributed by atoms with Crippen molar-refractivity contribution in [2.75, 3.05) is 32.1 Å². The Morgan fingerprint density at radius 2 is 2.00 bits per heavy atom. The van der Waals surface area contributed by atoms with Gasteiger partial charge in [0.2, 0.25) is 5.91 Å². The molecule has 1 fully saturated rings. The lowest BCUT2D eigenvalue weighted by Crippen LogP contribution is -2.58. The van der Waals surface area contributed by atoms with Crippen molar-refractivity contribution in [3.8, 4) is 5.75 Å². The van der Waals surface area contributed by atoms with E-state index >= 15 is 0 Å². The number of benzene rings is 1. The highest BCUT2D eigenvalue weighted by molar-refractivity contribution is 5.89. The summed E-state index contributed by atoms with van der Waals surface area (Å²) in [4.78, 5) is 26.1. The van der Waals surface area contributed by atoms with Crippen LogP contribution >= 0.6 is 0 Å². The van der Waals surface area contributed by atoms with Crippen molar-refractivity contribution in [2.24, 2.45) is 0 Å². The Hall–Kier alpha value is -2.24. The van der Waals surface area contributed by atoms with Crippen LogP contribution in [0.5, 0.6) is 5.75 Å². The van der Waals surface area contributed by atoms with E-state index in [-0.39, 0.29) is 19.0 Å². The van der Waals surface area contributed by atoms with Gasteiger partial charge < -0.3 is 19.6 Å². The van der Waals surface area contributed by atoms with Gasteiger partial charge in [0.1, 0.15) is 11.8 Å². The van der Waals surface area contributed by atoms with Crippen molar-refractivity contribution in [3.63, 3.8) is 0 Å². The number of ether oxygens (including phenoxy) is 1. The van der Waals surface area contributed by atoms with Crippen LogP contribution < -0.4 is 9.64 Å². The Labute approximate surface area is 111 Å². The van der Waals surface area contributed by atoms with Gasteiger partial charge in [-0.3, -0.25) is 4.79 Å². The molecule has 0 saturated carbocycles. The van der Waals surface area contributed by atoms with Gasteiger partial charge in [-0.05, 0) is 24.3 Å². The van der Waals surface area contributed by atoms with Crippen LogP contribution in [-0.4, -0.2) is 55.2 Å². The van der Waals surface area contributed by atoms with Crippen LogP contribution in [0.2, 0.25) is 0 Å². The number of carbonyl (C=O) groups is 2. The van der Waals surface area contributed by atoms with Gasteiger partial charge >= 0.3 is 5.97 Å². The van der Waals surface area contributed by atoms with Crippen molar-refractivity contribution in [1.82, 2.24) is 4.90 Å². The fourth-order valence-electron chi connectivity index (χ4n) is 2.09. The number of rotatable bonds is 3. The van der Waals surface area contributed by atoms with E-state index < -0.39 is 12.0 Å². The minimum atomic E-state index is -0.935. The molecule has 0 radical (unpaired) electrons. The number of aliphatic carboxylic acids is 1. The first-order valence-electron chi connectivity index (χ1n) is 5.90. The molecule has 1 unspecified atom stereocenters. The van der Waals surface area contributed by atoms with Gasteiger partial charge in [-0.25, -0.2) is 4.79 Å². The van der Waals surface area contributed by atoms with Gasteiger partial charge in [0.05, 0.1) is 20.2 Å². The monoisotopic (exact) mass is 264 g/mol. The van der Waals surface area contributed by atoms with Crippen LogP contribution in [0.25, 0.3) is 0 Å². The molecule has 2 rings (SSSR count). The van der Waals surface area contributed by atoms with E-state index in [1.54, 1.807) is 43.3 Å². The van der Waals surface area contributed by atoms with E-state index in [4.69, 9.17) is 4.74 Å². The average molecular weight is 264 g/mol. The maximum absolute atomic E-state index is 11.7. The van der Waals surface area contributed by atoms with Crippen LogP contribution in [0, 0.1) is 0 Å². The number of hydrogen-bond acceptors (Lipinski definition) is 4. The SMILES string of the molecule is COc1ccc(N2CC(=O)N(C)CC2C(=O)O)cc1. The number of carboxylic acids is 1. The van der Waals surface area contributed by atoms with Gasteiger partial charge in [-0.1, -0.05) is 0 Å². The lowest BCUT2D eigenvalue weighted by Gasteiger charge is -2.38. The molecule has 1 aromatic rings. The van der Waals surface area contributed by atoms with E-state index in [1.165, 1.54) is 4.90 Å². The van der Waals surface area contributed by atoms with Gasteiger partial charge in [0.15, 0.2) is 0 Å². The number of amides is 1. The van der Waals surface area contributed by atoms with Gasteiger partial charge in [-0.15, -0.1) is 0 Å². The topological polar surface area (TPSA) is 70.1 Å². The highest BCUT2D eigenvalue weighted by Gasteiger charge is 2.34. The van der Waals surface area contributed by atoms with Crippen LogP contribution in [0.1, 0.15) is 0 Å². The van der Waals surface area contributed by atoms with E-state index in [0.717, 1.165) is 0 Å². The van der Waals surface area contributed by atoms with Crippen molar-refractivity contribution in [2.45, 2.75) is 6.04 Å². The molecule has 1 amide bonds. The van der Waals surface area contributed by atoms with Crippen molar-refractivity contribution in [3.05, 3.63) is 24.3 Å². The van der Waals surface area contributed by atoms with Crippen LogP contribution in [0.3, 0.4) is 0 Å². The van der Waals surface area contributed by atoms with Crippen molar-refractivity contribution >= 4 is 17.6 Å². The van der Waals surface area contributed by atoms with Gasteiger partial charge in [0, 0.05) is 12.7 Å². The summed E-state index contributed by atoms with van der Waals surface area (Å²) in [5.74, 6) is -0.334. The highest BCUT2D eigenvalue weighted by Crippen LogP contribution is 2.23. The second-order valence-corrected chi connectivity index (χ2v) is 4.45. The fraction of sp³-hybridized carbons (Fsp3) is 0.385. The van der Waals surface area contributed by atoms with E-state index in [0.29, 0.717) is 11.4 Å². The Bertz CT molecular complexity index is 486. The third kappa shape index (κ3) is 2.62. The summed E-state index contributed by atoms with van der Waals surface area (Å²) < 4.78 is 5.06. The number of anilines is 1. The quantitative estimate of drug-likeness (QED) is 0.857. The number of piperazine rings is 1. The number of methoxy groups -OCH3 is 1. The molecular formula is C13H16N2O4. The Balaban J connectivity index is 2.28. The largest absolute Gasteiger partial charge is 0.497 e.